The monoisotopic (exact) mass is 417 g/mol. The normalized spacial score (nSPS) is 10.6. The first-order valence-corrected chi connectivity index (χ1v) is 9.24. The average Bonchev–Trinajstić information content (AvgIpc) is 2.63. The number of nitrogens with one attached hydrogen (secondary N) is 2. The molecule has 0 aliphatic carbocycles. The lowest BCUT2D eigenvalue weighted by atomic mass is 10.1. The fraction of sp³-hybridized carbons (Fsp3) is 0.150. The summed E-state index contributed by atoms with van der Waals surface area (Å²) < 4.78 is 5.15. The minimum atomic E-state index is -0.509. The van der Waals surface area contributed by atoms with E-state index in [0.29, 0.717) is 38.0 Å². The van der Waals surface area contributed by atoms with Gasteiger partial charge < -0.3 is 15.4 Å². The molecule has 144 valence electrons. The van der Waals surface area contributed by atoms with Crippen molar-refractivity contribution in [2.45, 2.75) is 13.8 Å². The third-order valence-electron chi connectivity index (χ3n) is 3.86. The van der Waals surface area contributed by atoms with Gasteiger partial charge in [-0.1, -0.05) is 23.2 Å². The van der Waals surface area contributed by atoms with E-state index in [9.17, 15) is 9.59 Å². The van der Waals surface area contributed by atoms with Gasteiger partial charge in [-0.3, -0.25) is 9.78 Å². The number of benzene rings is 2. The number of carbonyl (C=O) groups is 2. The van der Waals surface area contributed by atoms with Gasteiger partial charge in [-0.2, -0.15) is 0 Å². The molecule has 0 bridgehead atoms. The van der Waals surface area contributed by atoms with Crippen LogP contribution >= 0.6 is 23.2 Å². The number of carbonyl (C=O) groups excluding carboxylic acids is 2. The highest BCUT2D eigenvalue weighted by atomic mass is 35.5. The van der Waals surface area contributed by atoms with Crippen LogP contribution < -0.4 is 10.6 Å². The molecule has 0 aliphatic heterocycles. The highest BCUT2D eigenvalue weighted by molar-refractivity contribution is 6.38. The largest absolute Gasteiger partial charge is 0.462 e. The number of halogens is 2. The molecule has 1 amide bonds. The fourth-order valence-corrected chi connectivity index (χ4v) is 3.25. The molecule has 6 nitrogen and oxygen atoms in total. The molecular formula is C20H17Cl2N3O3. The Balaban J connectivity index is 2.09. The van der Waals surface area contributed by atoms with Gasteiger partial charge in [0.2, 0.25) is 5.91 Å². The van der Waals surface area contributed by atoms with Crippen LogP contribution in [0.2, 0.25) is 10.0 Å². The summed E-state index contributed by atoms with van der Waals surface area (Å²) in [6.45, 7) is 3.40. The van der Waals surface area contributed by atoms with Crippen molar-refractivity contribution in [3.63, 3.8) is 0 Å². The Morgan fingerprint density at radius 1 is 1.11 bits per heavy atom. The number of rotatable bonds is 5. The van der Waals surface area contributed by atoms with Gasteiger partial charge in [-0.25, -0.2) is 4.79 Å². The van der Waals surface area contributed by atoms with Gasteiger partial charge in [0.1, 0.15) is 5.56 Å². The summed E-state index contributed by atoms with van der Waals surface area (Å²) in [6.07, 6.45) is 1.42. The molecule has 0 saturated heterocycles. The van der Waals surface area contributed by atoms with E-state index in [1.807, 2.05) is 0 Å². The maximum absolute atomic E-state index is 12.4. The predicted octanol–water partition coefficient (Wildman–Crippen LogP) is 5.42. The van der Waals surface area contributed by atoms with Crippen molar-refractivity contribution in [3.05, 3.63) is 58.2 Å². The Bertz CT molecular complexity index is 1050. The van der Waals surface area contributed by atoms with E-state index in [0.717, 1.165) is 0 Å². The van der Waals surface area contributed by atoms with Gasteiger partial charge in [0, 0.05) is 34.9 Å². The molecule has 0 fully saturated rings. The van der Waals surface area contributed by atoms with Crippen LogP contribution in [0.25, 0.3) is 10.9 Å². The molecule has 0 aliphatic rings. The van der Waals surface area contributed by atoms with Crippen molar-refractivity contribution in [1.29, 1.82) is 0 Å². The summed E-state index contributed by atoms with van der Waals surface area (Å²) in [5, 5.41) is 7.31. The summed E-state index contributed by atoms with van der Waals surface area (Å²) >= 11 is 12.4. The average molecular weight is 418 g/mol. The van der Waals surface area contributed by atoms with E-state index < -0.39 is 5.97 Å². The smallest absolute Gasteiger partial charge is 0.341 e. The zero-order valence-electron chi connectivity index (χ0n) is 15.2. The van der Waals surface area contributed by atoms with E-state index in [1.54, 1.807) is 43.3 Å². The van der Waals surface area contributed by atoms with Gasteiger partial charge >= 0.3 is 5.97 Å². The third-order valence-corrected chi connectivity index (χ3v) is 4.37. The number of amides is 1. The van der Waals surface area contributed by atoms with Crippen LogP contribution in [0.5, 0.6) is 0 Å². The Morgan fingerprint density at radius 3 is 2.43 bits per heavy atom. The number of fused-ring (bicyclic) bond motifs is 1. The fourth-order valence-electron chi connectivity index (χ4n) is 2.71. The highest BCUT2D eigenvalue weighted by Crippen LogP contribution is 2.35. The SMILES string of the molecule is CCOC(=O)c1cnc2c(Cl)cc(Cl)cc2c1Nc1ccc(NC(C)=O)cc1. The summed E-state index contributed by atoms with van der Waals surface area (Å²) in [5.41, 5.74) is 2.62. The van der Waals surface area contributed by atoms with E-state index in [-0.39, 0.29) is 18.1 Å². The molecule has 8 heteroatoms. The molecule has 2 aromatic carbocycles. The zero-order valence-corrected chi connectivity index (χ0v) is 16.7. The molecule has 0 unspecified atom stereocenters. The lowest BCUT2D eigenvalue weighted by Gasteiger charge is -2.15. The Hall–Kier alpha value is -2.83. The first-order chi connectivity index (χ1) is 13.4. The maximum Gasteiger partial charge on any atom is 0.341 e. The second kappa shape index (κ2) is 8.46. The number of aromatic nitrogens is 1. The van der Waals surface area contributed by atoms with Crippen LogP contribution in [0, 0.1) is 0 Å². The lowest BCUT2D eigenvalue weighted by Crippen LogP contribution is -2.09. The van der Waals surface area contributed by atoms with Crippen molar-refractivity contribution in [3.8, 4) is 0 Å². The topological polar surface area (TPSA) is 80.3 Å². The number of nitrogens with zero attached hydrogens (tertiary/aromatic N) is 1. The minimum absolute atomic E-state index is 0.158. The van der Waals surface area contributed by atoms with Gasteiger partial charge in [-0.05, 0) is 43.3 Å². The molecule has 2 N–H and O–H groups in total. The van der Waals surface area contributed by atoms with Crippen molar-refractivity contribution in [2.24, 2.45) is 0 Å². The van der Waals surface area contributed by atoms with Crippen molar-refractivity contribution in [2.75, 3.05) is 17.2 Å². The first kappa shape index (κ1) is 19.9. The minimum Gasteiger partial charge on any atom is -0.462 e. The van der Waals surface area contributed by atoms with E-state index in [4.69, 9.17) is 27.9 Å². The Labute approximate surface area is 171 Å². The molecule has 0 saturated carbocycles. The molecule has 3 rings (SSSR count). The molecule has 1 aromatic heterocycles. The van der Waals surface area contributed by atoms with Crippen LogP contribution in [-0.4, -0.2) is 23.5 Å². The Morgan fingerprint density at radius 2 is 1.79 bits per heavy atom. The highest BCUT2D eigenvalue weighted by Gasteiger charge is 2.18. The van der Waals surface area contributed by atoms with E-state index >= 15 is 0 Å². The molecule has 28 heavy (non-hydrogen) atoms. The number of anilines is 3. The van der Waals surface area contributed by atoms with Crippen LogP contribution in [0.15, 0.2) is 42.6 Å². The zero-order chi connectivity index (χ0) is 20.3. The van der Waals surface area contributed by atoms with Crippen molar-refractivity contribution < 1.29 is 14.3 Å². The quantitative estimate of drug-likeness (QED) is 0.541. The second-order valence-corrected chi connectivity index (χ2v) is 6.78. The summed E-state index contributed by atoms with van der Waals surface area (Å²) in [7, 11) is 0. The van der Waals surface area contributed by atoms with Crippen molar-refractivity contribution >= 4 is 63.0 Å². The maximum atomic E-state index is 12.4. The number of hydrogen-bond acceptors (Lipinski definition) is 5. The second-order valence-electron chi connectivity index (χ2n) is 5.93. The number of pyridine rings is 1. The van der Waals surface area contributed by atoms with Gasteiger partial charge in [0.25, 0.3) is 0 Å². The van der Waals surface area contributed by atoms with Gasteiger partial charge in [0.15, 0.2) is 0 Å². The van der Waals surface area contributed by atoms with Gasteiger partial charge in [-0.15, -0.1) is 0 Å². The third kappa shape index (κ3) is 4.35. The number of esters is 1. The molecule has 1 heterocycles. The molecule has 0 radical (unpaired) electrons. The Kier molecular flexibility index (Phi) is 6.02. The van der Waals surface area contributed by atoms with Crippen LogP contribution in [0.4, 0.5) is 17.1 Å². The first-order valence-electron chi connectivity index (χ1n) is 8.48. The lowest BCUT2D eigenvalue weighted by molar-refractivity contribution is -0.114. The molecular weight excluding hydrogens is 401 g/mol. The van der Waals surface area contributed by atoms with E-state index in [1.165, 1.54) is 13.1 Å². The standard InChI is InChI=1S/C20H17Cl2N3O3/c1-3-28-20(27)16-10-23-19-15(8-12(21)9-17(19)22)18(16)25-14-6-4-13(5-7-14)24-11(2)26/h4-10H,3H2,1-2H3,(H,23,25)(H,24,26). The van der Waals surface area contributed by atoms with Gasteiger partial charge in [0.05, 0.1) is 22.8 Å². The molecule has 0 atom stereocenters. The number of hydrogen-bond donors (Lipinski definition) is 2. The van der Waals surface area contributed by atoms with Crippen LogP contribution in [-0.2, 0) is 9.53 Å². The predicted molar refractivity (Wildman–Crippen MR) is 112 cm³/mol. The number of ether oxygens (including phenoxy) is 1. The molecule has 0 spiro atoms. The van der Waals surface area contributed by atoms with E-state index in [2.05, 4.69) is 15.6 Å². The summed E-state index contributed by atoms with van der Waals surface area (Å²) in [5.74, 6) is -0.667. The summed E-state index contributed by atoms with van der Waals surface area (Å²) in [6, 6.07) is 10.3. The molecule has 3 aromatic rings. The van der Waals surface area contributed by atoms with Crippen LogP contribution in [0.1, 0.15) is 24.2 Å². The van der Waals surface area contributed by atoms with Crippen LogP contribution in [0.3, 0.4) is 0 Å². The van der Waals surface area contributed by atoms with Crippen molar-refractivity contribution in [1.82, 2.24) is 4.98 Å². The summed E-state index contributed by atoms with van der Waals surface area (Å²) in [4.78, 5) is 27.9.